The lowest BCUT2D eigenvalue weighted by atomic mass is 9.98. The van der Waals surface area contributed by atoms with Crippen LogP contribution in [0, 0.1) is 18.3 Å². The molecule has 0 saturated carbocycles. The average Bonchev–Trinajstić information content (AvgIpc) is 2.76. The van der Waals surface area contributed by atoms with Gasteiger partial charge in [-0.25, -0.2) is 0 Å². The van der Waals surface area contributed by atoms with Crippen LogP contribution >= 0.6 is 11.6 Å². The Hall–Kier alpha value is -3.56. The first kappa shape index (κ1) is 22.1. The Balaban J connectivity index is 2.12. The first-order chi connectivity index (χ1) is 14.8. The maximum absolute atomic E-state index is 13.2. The summed E-state index contributed by atoms with van der Waals surface area (Å²) in [5.41, 5.74) is -0.134. The molecule has 1 aromatic heterocycles. The number of nitriles is 1. The molecule has 2 aromatic carbocycles. The van der Waals surface area contributed by atoms with Gasteiger partial charge in [0.2, 0.25) is 11.7 Å². The molecule has 158 valence electrons. The number of ketones is 1. The van der Waals surface area contributed by atoms with Gasteiger partial charge in [-0.05, 0) is 44.0 Å². The van der Waals surface area contributed by atoms with E-state index in [0.717, 1.165) is 10.1 Å². The number of hydrogen-bond acceptors (Lipinski definition) is 5. The van der Waals surface area contributed by atoms with Crippen molar-refractivity contribution < 1.29 is 14.6 Å². The van der Waals surface area contributed by atoms with Gasteiger partial charge in [0.1, 0.15) is 17.4 Å². The van der Waals surface area contributed by atoms with E-state index in [1.54, 1.807) is 55.5 Å². The second-order valence-electron chi connectivity index (χ2n) is 7.13. The van der Waals surface area contributed by atoms with E-state index >= 15 is 0 Å². The first-order valence-electron chi connectivity index (χ1n) is 9.66. The van der Waals surface area contributed by atoms with Crippen LogP contribution in [0.5, 0.6) is 11.6 Å². The number of Topliss-reactive ketones (excluding diaryl/α,β-unsaturated/α-hetero) is 1. The van der Waals surface area contributed by atoms with Crippen molar-refractivity contribution >= 4 is 17.4 Å². The van der Waals surface area contributed by atoms with Gasteiger partial charge in [0.25, 0.3) is 5.56 Å². The highest BCUT2D eigenvalue weighted by Gasteiger charge is 2.30. The van der Waals surface area contributed by atoms with E-state index in [4.69, 9.17) is 16.3 Å². The normalized spacial score (nSPS) is 12.6. The van der Waals surface area contributed by atoms with Gasteiger partial charge in [0.15, 0.2) is 6.10 Å². The zero-order chi connectivity index (χ0) is 22.7. The summed E-state index contributed by atoms with van der Waals surface area (Å²) in [6.45, 7) is 4.70. The molecule has 2 atom stereocenters. The van der Waals surface area contributed by atoms with E-state index in [9.17, 15) is 20.0 Å². The minimum atomic E-state index is -1.02. The van der Waals surface area contributed by atoms with Crippen LogP contribution in [0.2, 0.25) is 5.02 Å². The summed E-state index contributed by atoms with van der Waals surface area (Å²) in [5.74, 6) is -0.758. The molecule has 0 radical (unpaired) electrons. The molecule has 0 fully saturated rings. The fraction of sp³-hybridized carbons (Fsp3) is 0.208. The van der Waals surface area contributed by atoms with Gasteiger partial charge in [-0.1, -0.05) is 54.1 Å². The SMILES string of the molecule is Cc1c(C(=O)C(C)Oc2ccccc2Cl)c(O)n(C(C)c2ccccc2)c(=O)c1C#N. The molecular formula is C24H21ClN2O4. The highest BCUT2D eigenvalue weighted by molar-refractivity contribution is 6.32. The molecule has 0 spiro atoms. The van der Waals surface area contributed by atoms with Crippen molar-refractivity contribution in [1.82, 2.24) is 4.57 Å². The predicted octanol–water partition coefficient (Wildman–Crippen LogP) is 4.65. The number of halogens is 1. The van der Waals surface area contributed by atoms with Crippen molar-refractivity contribution in [2.45, 2.75) is 32.9 Å². The topological polar surface area (TPSA) is 92.3 Å². The van der Waals surface area contributed by atoms with E-state index in [-0.39, 0.29) is 16.7 Å². The molecule has 0 amide bonds. The molecule has 0 aliphatic rings. The summed E-state index contributed by atoms with van der Waals surface area (Å²) in [4.78, 5) is 26.2. The molecule has 1 N–H and O–H groups in total. The van der Waals surface area contributed by atoms with Gasteiger partial charge < -0.3 is 9.84 Å². The highest BCUT2D eigenvalue weighted by Crippen LogP contribution is 2.30. The number of para-hydroxylation sites is 1. The summed E-state index contributed by atoms with van der Waals surface area (Å²) in [5, 5.41) is 20.9. The zero-order valence-corrected chi connectivity index (χ0v) is 18.1. The number of pyridine rings is 1. The Bertz CT molecular complexity index is 1230. The molecule has 0 aliphatic carbocycles. The monoisotopic (exact) mass is 436 g/mol. The summed E-state index contributed by atoms with van der Waals surface area (Å²) < 4.78 is 6.76. The second kappa shape index (κ2) is 9.07. The van der Waals surface area contributed by atoms with Crippen LogP contribution in [0.4, 0.5) is 0 Å². The van der Waals surface area contributed by atoms with Gasteiger partial charge in [-0.15, -0.1) is 0 Å². The first-order valence-corrected chi connectivity index (χ1v) is 10.0. The summed E-state index contributed by atoms with van der Waals surface area (Å²) >= 11 is 6.11. The number of hydrogen-bond donors (Lipinski definition) is 1. The third kappa shape index (κ3) is 4.18. The molecule has 0 bridgehead atoms. The van der Waals surface area contributed by atoms with E-state index in [2.05, 4.69) is 0 Å². The summed E-state index contributed by atoms with van der Waals surface area (Å²) in [6.07, 6.45) is -1.02. The maximum atomic E-state index is 13.2. The third-order valence-corrected chi connectivity index (χ3v) is 5.48. The van der Waals surface area contributed by atoms with Crippen LogP contribution in [-0.2, 0) is 0 Å². The third-order valence-electron chi connectivity index (χ3n) is 5.17. The Morgan fingerprint density at radius 1 is 1.13 bits per heavy atom. The number of rotatable bonds is 6. The molecule has 7 heteroatoms. The van der Waals surface area contributed by atoms with Crippen LogP contribution in [0.15, 0.2) is 59.4 Å². The van der Waals surface area contributed by atoms with Gasteiger partial charge in [0, 0.05) is 0 Å². The lowest BCUT2D eigenvalue weighted by molar-refractivity contribution is 0.0812. The Labute approximate surface area is 184 Å². The van der Waals surface area contributed by atoms with Crippen molar-refractivity contribution in [3.63, 3.8) is 0 Å². The van der Waals surface area contributed by atoms with Crippen LogP contribution in [-0.4, -0.2) is 21.6 Å². The fourth-order valence-corrected chi connectivity index (χ4v) is 3.62. The summed E-state index contributed by atoms with van der Waals surface area (Å²) in [7, 11) is 0. The van der Waals surface area contributed by atoms with E-state index in [0.29, 0.717) is 10.8 Å². The maximum Gasteiger partial charge on any atom is 0.272 e. The molecule has 1 heterocycles. The highest BCUT2D eigenvalue weighted by atomic mass is 35.5. The van der Waals surface area contributed by atoms with Crippen LogP contribution in [0.1, 0.15) is 46.9 Å². The van der Waals surface area contributed by atoms with Gasteiger partial charge in [0.05, 0.1) is 16.6 Å². The fourth-order valence-electron chi connectivity index (χ4n) is 3.44. The number of carbonyl (C=O) groups is 1. The molecular weight excluding hydrogens is 416 g/mol. The van der Waals surface area contributed by atoms with Crippen molar-refractivity contribution in [1.29, 1.82) is 5.26 Å². The van der Waals surface area contributed by atoms with E-state index in [1.165, 1.54) is 13.8 Å². The smallest absolute Gasteiger partial charge is 0.272 e. The van der Waals surface area contributed by atoms with E-state index in [1.807, 2.05) is 12.1 Å². The number of benzene rings is 2. The number of nitrogens with zero attached hydrogens (tertiary/aromatic N) is 2. The molecule has 6 nitrogen and oxygen atoms in total. The number of aromatic hydroxyl groups is 1. The van der Waals surface area contributed by atoms with Gasteiger partial charge >= 0.3 is 0 Å². The Morgan fingerprint density at radius 3 is 2.35 bits per heavy atom. The lowest BCUT2D eigenvalue weighted by Gasteiger charge is -2.22. The van der Waals surface area contributed by atoms with Crippen molar-refractivity contribution in [2.75, 3.05) is 0 Å². The molecule has 0 saturated heterocycles. The van der Waals surface area contributed by atoms with Crippen molar-refractivity contribution in [3.05, 3.63) is 92.2 Å². The standard InChI is InChI=1S/C24H21ClN2O4/c1-14-18(13-26)23(29)27(15(2)17-9-5-4-6-10-17)24(30)21(14)22(28)16(3)31-20-12-8-7-11-19(20)25/h4-12,15-16,30H,1-3H3. The average molecular weight is 437 g/mol. The molecule has 31 heavy (non-hydrogen) atoms. The molecule has 3 rings (SSSR count). The minimum absolute atomic E-state index is 0.112. The molecule has 2 unspecified atom stereocenters. The van der Waals surface area contributed by atoms with Crippen LogP contribution in [0.25, 0.3) is 0 Å². The molecule has 3 aromatic rings. The van der Waals surface area contributed by atoms with Crippen LogP contribution < -0.4 is 10.3 Å². The second-order valence-corrected chi connectivity index (χ2v) is 7.53. The van der Waals surface area contributed by atoms with Gasteiger partial charge in [-0.2, -0.15) is 5.26 Å². The van der Waals surface area contributed by atoms with E-state index < -0.39 is 29.4 Å². The number of carbonyl (C=O) groups excluding carboxylic acids is 1. The quantitative estimate of drug-likeness (QED) is 0.568. The minimum Gasteiger partial charge on any atom is -0.494 e. The Kier molecular flexibility index (Phi) is 6.47. The van der Waals surface area contributed by atoms with Crippen molar-refractivity contribution in [2.24, 2.45) is 0 Å². The van der Waals surface area contributed by atoms with Gasteiger partial charge in [-0.3, -0.25) is 14.2 Å². The zero-order valence-electron chi connectivity index (χ0n) is 17.3. The number of ether oxygens (including phenoxy) is 1. The lowest BCUT2D eigenvalue weighted by Crippen LogP contribution is -2.32. The molecule has 0 aliphatic heterocycles. The number of aromatic nitrogens is 1. The summed E-state index contributed by atoms with van der Waals surface area (Å²) in [6, 6.07) is 17.0. The van der Waals surface area contributed by atoms with Crippen molar-refractivity contribution in [3.8, 4) is 17.7 Å². The van der Waals surface area contributed by atoms with Crippen LogP contribution in [0.3, 0.4) is 0 Å². The largest absolute Gasteiger partial charge is 0.494 e. The predicted molar refractivity (Wildman–Crippen MR) is 118 cm³/mol. The Morgan fingerprint density at radius 2 is 1.74 bits per heavy atom.